The van der Waals surface area contributed by atoms with Crippen LogP contribution in [0, 0.1) is 13.8 Å². The summed E-state index contributed by atoms with van der Waals surface area (Å²) in [7, 11) is -3.62. The summed E-state index contributed by atoms with van der Waals surface area (Å²) in [5.74, 6) is -0.406. The molecule has 6 heteroatoms. The van der Waals surface area contributed by atoms with Crippen LogP contribution in [0.4, 0.5) is 11.4 Å². The second-order valence-corrected chi connectivity index (χ2v) is 8.90. The predicted molar refractivity (Wildman–Crippen MR) is 119 cm³/mol. The van der Waals surface area contributed by atoms with Gasteiger partial charge in [0.25, 0.3) is 0 Å². The Morgan fingerprint density at radius 3 is 2.21 bits per heavy atom. The predicted octanol–water partition coefficient (Wildman–Crippen LogP) is 4.38. The second kappa shape index (κ2) is 8.49. The Morgan fingerprint density at radius 2 is 1.55 bits per heavy atom. The van der Waals surface area contributed by atoms with E-state index in [4.69, 9.17) is 0 Å². The van der Waals surface area contributed by atoms with Crippen LogP contribution in [0.1, 0.15) is 11.1 Å². The number of carbonyl (C=O) groups excluding carboxylic acids is 1. The van der Waals surface area contributed by atoms with Gasteiger partial charge in [-0.3, -0.25) is 9.10 Å². The Bertz CT molecular complexity index is 1130. The van der Waals surface area contributed by atoms with Gasteiger partial charge in [0.1, 0.15) is 6.54 Å². The Morgan fingerprint density at radius 1 is 0.897 bits per heavy atom. The number of sulfonamides is 1. The third kappa shape index (κ3) is 5.03. The highest BCUT2D eigenvalue weighted by molar-refractivity contribution is 7.92. The molecule has 0 unspecified atom stereocenters. The Hall–Kier alpha value is -3.12. The molecular weight excluding hydrogens is 384 g/mol. The average molecular weight is 409 g/mol. The molecule has 0 aliphatic heterocycles. The zero-order valence-electron chi connectivity index (χ0n) is 16.7. The van der Waals surface area contributed by atoms with Gasteiger partial charge in [-0.2, -0.15) is 0 Å². The van der Waals surface area contributed by atoms with E-state index in [2.05, 4.69) is 5.32 Å². The molecule has 0 heterocycles. The van der Waals surface area contributed by atoms with Gasteiger partial charge in [0.2, 0.25) is 15.9 Å². The molecule has 29 heavy (non-hydrogen) atoms. The summed E-state index contributed by atoms with van der Waals surface area (Å²) in [5.41, 5.74) is 4.98. The lowest BCUT2D eigenvalue weighted by molar-refractivity contribution is -0.114. The van der Waals surface area contributed by atoms with Crippen molar-refractivity contribution in [3.8, 4) is 11.1 Å². The quantitative estimate of drug-likeness (QED) is 0.658. The van der Waals surface area contributed by atoms with Gasteiger partial charge >= 0.3 is 0 Å². The molecular formula is C23H24N2O3S. The first kappa shape index (κ1) is 20.6. The summed E-state index contributed by atoms with van der Waals surface area (Å²) in [6.07, 6.45) is 1.10. The summed E-state index contributed by atoms with van der Waals surface area (Å²) in [6.45, 7) is 3.57. The summed E-state index contributed by atoms with van der Waals surface area (Å²) in [4.78, 5) is 12.8. The van der Waals surface area contributed by atoms with E-state index in [9.17, 15) is 13.2 Å². The lowest BCUT2D eigenvalue weighted by Crippen LogP contribution is -2.37. The van der Waals surface area contributed by atoms with Crippen molar-refractivity contribution in [1.82, 2.24) is 0 Å². The van der Waals surface area contributed by atoms with E-state index >= 15 is 0 Å². The summed E-state index contributed by atoms with van der Waals surface area (Å²) < 4.78 is 25.8. The highest BCUT2D eigenvalue weighted by Gasteiger charge is 2.21. The number of aryl methyl sites for hydroxylation is 2. The van der Waals surface area contributed by atoms with E-state index in [0.29, 0.717) is 11.4 Å². The van der Waals surface area contributed by atoms with Crippen LogP contribution >= 0.6 is 0 Å². The summed E-state index contributed by atoms with van der Waals surface area (Å²) in [5, 5.41) is 2.86. The number of carbonyl (C=O) groups is 1. The minimum Gasteiger partial charge on any atom is -0.324 e. The molecule has 3 aromatic carbocycles. The minimum atomic E-state index is -3.62. The van der Waals surface area contributed by atoms with Crippen molar-refractivity contribution in [3.05, 3.63) is 83.9 Å². The fraction of sp³-hybridized carbons (Fsp3) is 0.174. The molecule has 0 radical (unpaired) electrons. The van der Waals surface area contributed by atoms with E-state index in [1.165, 1.54) is 0 Å². The number of benzene rings is 3. The van der Waals surface area contributed by atoms with E-state index in [1.54, 1.807) is 18.2 Å². The van der Waals surface area contributed by atoms with Crippen molar-refractivity contribution in [2.75, 3.05) is 22.4 Å². The van der Waals surface area contributed by atoms with E-state index < -0.39 is 15.9 Å². The Kier molecular flexibility index (Phi) is 6.03. The first-order chi connectivity index (χ1) is 13.8. The van der Waals surface area contributed by atoms with Gasteiger partial charge in [0, 0.05) is 11.3 Å². The molecule has 3 aromatic rings. The van der Waals surface area contributed by atoms with Gasteiger partial charge in [0.15, 0.2) is 0 Å². The molecule has 3 rings (SSSR count). The van der Waals surface area contributed by atoms with Gasteiger partial charge in [-0.1, -0.05) is 54.6 Å². The lowest BCUT2D eigenvalue weighted by atomic mass is 10.0. The molecule has 0 saturated heterocycles. The molecule has 1 N–H and O–H groups in total. The third-order valence-corrected chi connectivity index (χ3v) is 5.89. The molecule has 0 aromatic heterocycles. The van der Waals surface area contributed by atoms with Crippen LogP contribution in [0.5, 0.6) is 0 Å². The summed E-state index contributed by atoms with van der Waals surface area (Å²) >= 11 is 0. The van der Waals surface area contributed by atoms with Gasteiger partial charge in [-0.05, 0) is 48.7 Å². The van der Waals surface area contributed by atoms with Crippen molar-refractivity contribution in [2.45, 2.75) is 13.8 Å². The van der Waals surface area contributed by atoms with E-state index in [0.717, 1.165) is 32.8 Å². The van der Waals surface area contributed by atoms with Crippen molar-refractivity contribution < 1.29 is 13.2 Å². The number of nitrogens with one attached hydrogen (secondary N) is 1. The molecule has 0 bridgehead atoms. The van der Waals surface area contributed by atoms with Crippen molar-refractivity contribution in [2.24, 2.45) is 0 Å². The van der Waals surface area contributed by atoms with Crippen LogP contribution in [0.15, 0.2) is 72.8 Å². The smallest absolute Gasteiger partial charge is 0.245 e. The maximum atomic E-state index is 12.8. The molecule has 0 aliphatic carbocycles. The molecule has 0 aliphatic rings. The standard InChI is InChI=1S/C23H24N2O3S/c1-17-13-14-20(15-18(17)2)25(29(3,27)28)16-23(26)24-22-12-8-7-11-21(22)19-9-5-4-6-10-19/h4-15H,16H2,1-3H3,(H,24,26). The van der Waals surface area contributed by atoms with Crippen LogP contribution in [0.25, 0.3) is 11.1 Å². The SMILES string of the molecule is Cc1ccc(N(CC(=O)Nc2ccccc2-c2ccccc2)S(C)(=O)=O)cc1C. The molecule has 0 spiro atoms. The van der Waals surface area contributed by atoms with Gasteiger partial charge in [-0.15, -0.1) is 0 Å². The minimum absolute atomic E-state index is 0.301. The fourth-order valence-corrected chi connectivity index (χ4v) is 3.91. The monoisotopic (exact) mass is 408 g/mol. The van der Waals surface area contributed by atoms with Crippen LogP contribution in [-0.4, -0.2) is 27.1 Å². The first-order valence-corrected chi connectivity index (χ1v) is 11.1. The van der Waals surface area contributed by atoms with Crippen molar-refractivity contribution in [1.29, 1.82) is 0 Å². The second-order valence-electron chi connectivity index (χ2n) is 7.00. The Labute approximate surface area is 172 Å². The van der Waals surface area contributed by atoms with Gasteiger partial charge in [0.05, 0.1) is 11.9 Å². The number of nitrogens with zero attached hydrogens (tertiary/aromatic N) is 1. The maximum absolute atomic E-state index is 12.8. The molecule has 0 saturated carbocycles. The number of amides is 1. The molecule has 5 nitrogen and oxygen atoms in total. The lowest BCUT2D eigenvalue weighted by Gasteiger charge is -2.23. The normalized spacial score (nSPS) is 11.1. The first-order valence-electron chi connectivity index (χ1n) is 9.25. The molecule has 0 atom stereocenters. The van der Waals surface area contributed by atoms with E-state index in [1.807, 2.05) is 68.4 Å². The van der Waals surface area contributed by atoms with Crippen molar-refractivity contribution >= 4 is 27.3 Å². The fourth-order valence-electron chi connectivity index (χ4n) is 3.06. The van der Waals surface area contributed by atoms with Crippen LogP contribution in [0.2, 0.25) is 0 Å². The average Bonchev–Trinajstić information content (AvgIpc) is 2.69. The number of hydrogen-bond donors (Lipinski definition) is 1. The molecule has 150 valence electrons. The van der Waals surface area contributed by atoms with Crippen LogP contribution in [-0.2, 0) is 14.8 Å². The zero-order chi connectivity index (χ0) is 21.0. The Balaban J connectivity index is 1.86. The highest BCUT2D eigenvalue weighted by atomic mass is 32.2. The van der Waals surface area contributed by atoms with Crippen molar-refractivity contribution in [3.63, 3.8) is 0 Å². The largest absolute Gasteiger partial charge is 0.324 e. The van der Waals surface area contributed by atoms with Gasteiger partial charge in [-0.25, -0.2) is 8.42 Å². The molecule has 1 amide bonds. The van der Waals surface area contributed by atoms with E-state index in [-0.39, 0.29) is 6.54 Å². The highest BCUT2D eigenvalue weighted by Crippen LogP contribution is 2.28. The maximum Gasteiger partial charge on any atom is 0.245 e. The van der Waals surface area contributed by atoms with Gasteiger partial charge < -0.3 is 5.32 Å². The molecule has 0 fully saturated rings. The third-order valence-electron chi connectivity index (χ3n) is 4.75. The summed E-state index contributed by atoms with van der Waals surface area (Å²) in [6, 6.07) is 22.5. The topological polar surface area (TPSA) is 66.5 Å². The number of para-hydroxylation sites is 1. The number of anilines is 2. The van der Waals surface area contributed by atoms with Crippen LogP contribution in [0.3, 0.4) is 0 Å². The number of rotatable bonds is 6. The zero-order valence-corrected chi connectivity index (χ0v) is 17.5. The number of hydrogen-bond acceptors (Lipinski definition) is 3. The van der Waals surface area contributed by atoms with Crippen LogP contribution < -0.4 is 9.62 Å².